The number of carbonyl (C=O) groups excluding carboxylic acids is 1. The second-order valence-corrected chi connectivity index (χ2v) is 6.01. The number of amides is 1. The van der Waals surface area contributed by atoms with E-state index in [0.29, 0.717) is 12.5 Å². The Morgan fingerprint density at radius 3 is 3.00 bits per heavy atom. The van der Waals surface area contributed by atoms with Crippen LogP contribution in [0.2, 0.25) is 0 Å². The van der Waals surface area contributed by atoms with Crippen LogP contribution in [0.3, 0.4) is 0 Å². The van der Waals surface area contributed by atoms with Gasteiger partial charge in [0.1, 0.15) is 0 Å². The lowest BCUT2D eigenvalue weighted by Crippen LogP contribution is -2.26. The van der Waals surface area contributed by atoms with Crippen LogP contribution < -0.4 is 11.1 Å². The van der Waals surface area contributed by atoms with Gasteiger partial charge in [0.2, 0.25) is 5.91 Å². The van der Waals surface area contributed by atoms with Gasteiger partial charge in [-0.25, -0.2) is 0 Å². The molecule has 1 aliphatic rings. The van der Waals surface area contributed by atoms with E-state index in [9.17, 15) is 4.79 Å². The highest BCUT2D eigenvalue weighted by atomic mass is 32.2. The van der Waals surface area contributed by atoms with Gasteiger partial charge in [0.05, 0.1) is 10.9 Å². The number of hydrogen-bond acceptors (Lipinski definition) is 3. The minimum Gasteiger partial charge on any atom is -0.330 e. The summed E-state index contributed by atoms with van der Waals surface area (Å²) < 4.78 is 0. The lowest BCUT2D eigenvalue weighted by molar-refractivity contribution is -0.115. The standard InChI is InChI=1S/C13H18N2OS/c1-8(7-14)5-10-3-4-12-11(6-10)15-13(16)9(2)17-12/h3-4,6,8-9H,5,7,14H2,1-2H3,(H,15,16). The molecule has 0 saturated carbocycles. The summed E-state index contributed by atoms with van der Waals surface area (Å²) in [6.07, 6.45) is 0.958. The maximum Gasteiger partial charge on any atom is 0.237 e. The minimum absolute atomic E-state index is 0.00341. The van der Waals surface area contributed by atoms with Gasteiger partial charge in [-0.2, -0.15) is 0 Å². The van der Waals surface area contributed by atoms with Crippen LogP contribution in [-0.2, 0) is 11.2 Å². The average molecular weight is 250 g/mol. The Balaban J connectivity index is 2.19. The fourth-order valence-electron chi connectivity index (χ4n) is 1.87. The summed E-state index contributed by atoms with van der Waals surface area (Å²) in [7, 11) is 0. The van der Waals surface area contributed by atoms with E-state index < -0.39 is 0 Å². The lowest BCUT2D eigenvalue weighted by Gasteiger charge is -2.22. The number of nitrogens with two attached hydrogens (primary N) is 1. The first-order valence-electron chi connectivity index (χ1n) is 5.90. The summed E-state index contributed by atoms with van der Waals surface area (Å²) in [5.41, 5.74) is 7.80. The van der Waals surface area contributed by atoms with E-state index in [1.807, 2.05) is 6.92 Å². The Labute approximate surface area is 106 Å². The molecule has 2 atom stereocenters. The molecule has 1 amide bonds. The van der Waals surface area contributed by atoms with Crippen LogP contribution in [0.4, 0.5) is 5.69 Å². The first-order chi connectivity index (χ1) is 8.10. The fraction of sp³-hybridized carbons (Fsp3) is 0.462. The highest BCUT2D eigenvalue weighted by Gasteiger charge is 2.22. The molecule has 92 valence electrons. The highest BCUT2D eigenvalue weighted by Crippen LogP contribution is 2.36. The molecule has 17 heavy (non-hydrogen) atoms. The van der Waals surface area contributed by atoms with Crippen LogP contribution in [0, 0.1) is 5.92 Å². The fourth-order valence-corrected chi connectivity index (χ4v) is 2.80. The molecule has 1 aromatic carbocycles. The van der Waals surface area contributed by atoms with Crippen molar-refractivity contribution < 1.29 is 4.79 Å². The Morgan fingerprint density at radius 1 is 1.53 bits per heavy atom. The van der Waals surface area contributed by atoms with Crippen LogP contribution in [0.1, 0.15) is 19.4 Å². The van der Waals surface area contributed by atoms with E-state index in [1.54, 1.807) is 11.8 Å². The van der Waals surface area contributed by atoms with Gasteiger partial charge in [0.25, 0.3) is 0 Å². The van der Waals surface area contributed by atoms with Crippen LogP contribution in [0.25, 0.3) is 0 Å². The van der Waals surface area contributed by atoms with Crippen molar-refractivity contribution in [3.63, 3.8) is 0 Å². The predicted octanol–water partition coefficient (Wildman–Crippen LogP) is 2.26. The van der Waals surface area contributed by atoms with Crippen LogP contribution in [0.15, 0.2) is 23.1 Å². The first-order valence-corrected chi connectivity index (χ1v) is 6.78. The molecule has 4 heteroatoms. The molecule has 0 radical (unpaired) electrons. The van der Waals surface area contributed by atoms with Gasteiger partial charge >= 0.3 is 0 Å². The molecule has 3 nitrogen and oxygen atoms in total. The largest absolute Gasteiger partial charge is 0.330 e. The number of fused-ring (bicyclic) bond motifs is 1. The summed E-state index contributed by atoms with van der Waals surface area (Å²) in [6, 6.07) is 6.29. The van der Waals surface area contributed by atoms with E-state index in [2.05, 4.69) is 30.4 Å². The molecule has 1 heterocycles. The van der Waals surface area contributed by atoms with Gasteiger partial charge in [-0.1, -0.05) is 13.0 Å². The summed E-state index contributed by atoms with van der Waals surface area (Å²) >= 11 is 1.62. The number of rotatable bonds is 3. The number of hydrogen-bond donors (Lipinski definition) is 2. The number of carbonyl (C=O) groups is 1. The first kappa shape index (κ1) is 12.5. The normalized spacial score (nSPS) is 20.6. The summed E-state index contributed by atoms with van der Waals surface area (Å²) in [6.45, 7) is 4.75. The van der Waals surface area contributed by atoms with Crippen molar-refractivity contribution in [3.8, 4) is 0 Å². The summed E-state index contributed by atoms with van der Waals surface area (Å²) in [4.78, 5) is 12.7. The zero-order chi connectivity index (χ0) is 12.4. The maximum atomic E-state index is 11.6. The third-order valence-corrected chi connectivity index (χ3v) is 4.14. The molecule has 0 bridgehead atoms. The molecule has 2 rings (SSSR count). The van der Waals surface area contributed by atoms with E-state index in [1.165, 1.54) is 5.56 Å². The van der Waals surface area contributed by atoms with Gasteiger partial charge in [-0.15, -0.1) is 11.8 Å². The van der Waals surface area contributed by atoms with Gasteiger partial charge in [0, 0.05) is 4.90 Å². The van der Waals surface area contributed by atoms with Crippen molar-refractivity contribution in [3.05, 3.63) is 23.8 Å². The van der Waals surface area contributed by atoms with Gasteiger partial charge in [0.15, 0.2) is 0 Å². The van der Waals surface area contributed by atoms with Crippen molar-refractivity contribution in [2.24, 2.45) is 11.7 Å². The van der Waals surface area contributed by atoms with E-state index in [4.69, 9.17) is 5.73 Å². The average Bonchev–Trinajstić information content (AvgIpc) is 2.31. The summed E-state index contributed by atoms with van der Waals surface area (Å²) in [5, 5.41) is 2.95. The SMILES string of the molecule is CC(CN)Cc1ccc2c(c1)NC(=O)C(C)S2. The van der Waals surface area contributed by atoms with E-state index in [0.717, 1.165) is 17.0 Å². The van der Waals surface area contributed by atoms with Crippen LogP contribution in [0.5, 0.6) is 0 Å². The number of anilines is 1. The molecular weight excluding hydrogens is 232 g/mol. The zero-order valence-corrected chi connectivity index (χ0v) is 11.0. The van der Waals surface area contributed by atoms with Crippen molar-refractivity contribution >= 4 is 23.4 Å². The Morgan fingerprint density at radius 2 is 2.29 bits per heavy atom. The zero-order valence-electron chi connectivity index (χ0n) is 10.2. The molecule has 1 aliphatic heterocycles. The Bertz CT molecular complexity index is 433. The molecule has 3 N–H and O–H groups in total. The molecule has 0 spiro atoms. The van der Waals surface area contributed by atoms with Crippen molar-refractivity contribution in [2.75, 3.05) is 11.9 Å². The molecule has 0 aromatic heterocycles. The third kappa shape index (κ3) is 2.82. The second kappa shape index (κ2) is 5.10. The van der Waals surface area contributed by atoms with E-state index >= 15 is 0 Å². The van der Waals surface area contributed by atoms with Crippen LogP contribution in [-0.4, -0.2) is 17.7 Å². The smallest absolute Gasteiger partial charge is 0.237 e. The monoisotopic (exact) mass is 250 g/mol. The van der Waals surface area contributed by atoms with Gasteiger partial charge in [-0.05, 0) is 43.5 Å². The predicted molar refractivity (Wildman–Crippen MR) is 72.3 cm³/mol. The van der Waals surface area contributed by atoms with Crippen LogP contribution >= 0.6 is 11.8 Å². The van der Waals surface area contributed by atoms with Crippen molar-refractivity contribution in [1.82, 2.24) is 0 Å². The Hall–Kier alpha value is -1.000. The molecule has 0 aliphatic carbocycles. The Kier molecular flexibility index (Phi) is 3.74. The maximum absolute atomic E-state index is 11.6. The van der Waals surface area contributed by atoms with Crippen molar-refractivity contribution in [2.45, 2.75) is 30.4 Å². The molecule has 0 fully saturated rings. The molecule has 1 aromatic rings. The molecule has 0 saturated heterocycles. The lowest BCUT2D eigenvalue weighted by atomic mass is 10.0. The number of benzene rings is 1. The molecular formula is C13H18N2OS. The quantitative estimate of drug-likeness (QED) is 0.865. The number of thioether (sulfide) groups is 1. The van der Waals surface area contributed by atoms with E-state index in [-0.39, 0.29) is 11.2 Å². The van der Waals surface area contributed by atoms with Crippen molar-refractivity contribution in [1.29, 1.82) is 0 Å². The molecule has 2 unspecified atom stereocenters. The number of nitrogens with one attached hydrogen (secondary N) is 1. The summed E-state index contributed by atoms with van der Waals surface area (Å²) in [5.74, 6) is 0.561. The minimum atomic E-state index is -0.00341. The topological polar surface area (TPSA) is 55.1 Å². The van der Waals surface area contributed by atoms with Gasteiger partial charge < -0.3 is 11.1 Å². The van der Waals surface area contributed by atoms with Gasteiger partial charge in [-0.3, -0.25) is 4.79 Å². The second-order valence-electron chi connectivity index (χ2n) is 4.62. The third-order valence-electron chi connectivity index (χ3n) is 2.96. The highest BCUT2D eigenvalue weighted by molar-refractivity contribution is 8.00.